The zero-order chi connectivity index (χ0) is 10.8. The van der Waals surface area contributed by atoms with Crippen LogP contribution >= 0.6 is 0 Å². The molecule has 2 rings (SSSR count). The predicted octanol–water partition coefficient (Wildman–Crippen LogP) is 0.968. The molecule has 0 aliphatic heterocycles. The lowest BCUT2D eigenvalue weighted by Gasteiger charge is -2.12. The Balaban J connectivity index is 2.48. The molecule has 1 amide bonds. The van der Waals surface area contributed by atoms with Crippen LogP contribution < -0.4 is 0 Å². The monoisotopic (exact) mass is 205 g/mol. The maximum Gasteiger partial charge on any atom is 0.295 e. The van der Waals surface area contributed by atoms with Crippen LogP contribution in [0.15, 0.2) is 30.6 Å². The highest BCUT2D eigenvalue weighted by atomic mass is 16.7. The standard InChI is InChI=1S/C10H11N3O2/c1-12(15-2)10(14)8-7-11-9-5-3-4-6-13(8)9/h3-7H,1-2H3. The first-order valence-corrected chi connectivity index (χ1v) is 4.48. The van der Waals surface area contributed by atoms with E-state index in [-0.39, 0.29) is 5.91 Å². The van der Waals surface area contributed by atoms with Crippen LogP contribution in [-0.2, 0) is 4.84 Å². The molecule has 15 heavy (non-hydrogen) atoms. The van der Waals surface area contributed by atoms with Gasteiger partial charge in [0.25, 0.3) is 5.91 Å². The van der Waals surface area contributed by atoms with E-state index in [1.165, 1.54) is 13.3 Å². The van der Waals surface area contributed by atoms with Crippen molar-refractivity contribution in [3.8, 4) is 0 Å². The average molecular weight is 205 g/mol. The number of imidazole rings is 1. The van der Waals surface area contributed by atoms with Gasteiger partial charge in [0.1, 0.15) is 11.3 Å². The van der Waals surface area contributed by atoms with Crippen molar-refractivity contribution in [3.05, 3.63) is 36.3 Å². The summed E-state index contributed by atoms with van der Waals surface area (Å²) in [4.78, 5) is 20.7. The highest BCUT2D eigenvalue weighted by molar-refractivity contribution is 5.92. The third kappa shape index (κ3) is 1.57. The van der Waals surface area contributed by atoms with Crippen molar-refractivity contribution in [3.63, 3.8) is 0 Å². The van der Waals surface area contributed by atoms with Gasteiger partial charge in [-0.2, -0.15) is 0 Å². The van der Waals surface area contributed by atoms with Gasteiger partial charge in [-0.25, -0.2) is 10.0 Å². The van der Waals surface area contributed by atoms with Crippen LogP contribution in [0.25, 0.3) is 5.65 Å². The van der Waals surface area contributed by atoms with Gasteiger partial charge in [-0.05, 0) is 12.1 Å². The average Bonchev–Trinajstić information content (AvgIpc) is 2.70. The topological polar surface area (TPSA) is 46.8 Å². The minimum absolute atomic E-state index is 0.226. The second kappa shape index (κ2) is 3.70. The molecular formula is C10H11N3O2. The van der Waals surface area contributed by atoms with E-state index in [9.17, 15) is 4.79 Å². The van der Waals surface area contributed by atoms with Gasteiger partial charge in [0, 0.05) is 13.2 Å². The number of hydrogen-bond donors (Lipinski definition) is 0. The Morgan fingerprint density at radius 1 is 1.53 bits per heavy atom. The normalized spacial score (nSPS) is 10.5. The van der Waals surface area contributed by atoms with Gasteiger partial charge < -0.3 is 0 Å². The quantitative estimate of drug-likeness (QED) is 0.686. The van der Waals surface area contributed by atoms with E-state index in [4.69, 9.17) is 4.84 Å². The van der Waals surface area contributed by atoms with Gasteiger partial charge in [-0.3, -0.25) is 14.0 Å². The van der Waals surface area contributed by atoms with Gasteiger partial charge in [0.2, 0.25) is 0 Å². The Morgan fingerprint density at radius 3 is 3.07 bits per heavy atom. The molecular weight excluding hydrogens is 194 g/mol. The van der Waals surface area contributed by atoms with Crippen LogP contribution in [-0.4, -0.2) is 34.5 Å². The van der Waals surface area contributed by atoms with E-state index in [2.05, 4.69) is 4.98 Å². The van der Waals surface area contributed by atoms with Crippen molar-refractivity contribution in [1.29, 1.82) is 0 Å². The number of aromatic nitrogens is 2. The molecule has 0 unspecified atom stereocenters. The molecule has 5 nitrogen and oxygen atoms in total. The fourth-order valence-electron chi connectivity index (χ4n) is 1.33. The molecule has 0 fully saturated rings. The first kappa shape index (κ1) is 9.67. The molecule has 0 radical (unpaired) electrons. The zero-order valence-electron chi connectivity index (χ0n) is 8.54. The Hall–Kier alpha value is -1.88. The van der Waals surface area contributed by atoms with E-state index in [0.29, 0.717) is 5.69 Å². The number of carbonyl (C=O) groups excluding carboxylic acids is 1. The highest BCUT2D eigenvalue weighted by Crippen LogP contribution is 2.08. The number of rotatable bonds is 2. The van der Waals surface area contributed by atoms with Crippen molar-refractivity contribution in [2.75, 3.05) is 14.2 Å². The lowest BCUT2D eigenvalue weighted by molar-refractivity contribution is -0.0761. The SMILES string of the molecule is CON(C)C(=O)c1cnc2ccccn12. The van der Waals surface area contributed by atoms with Crippen molar-refractivity contribution in [2.24, 2.45) is 0 Å². The number of pyridine rings is 1. The second-order valence-electron chi connectivity index (χ2n) is 3.06. The second-order valence-corrected chi connectivity index (χ2v) is 3.06. The van der Waals surface area contributed by atoms with Crippen LogP contribution in [0.1, 0.15) is 10.5 Å². The summed E-state index contributed by atoms with van der Waals surface area (Å²) in [6.07, 6.45) is 3.33. The Kier molecular flexibility index (Phi) is 2.39. The van der Waals surface area contributed by atoms with Crippen molar-refractivity contribution < 1.29 is 9.63 Å². The highest BCUT2D eigenvalue weighted by Gasteiger charge is 2.15. The van der Waals surface area contributed by atoms with Gasteiger partial charge in [0.05, 0.1) is 13.3 Å². The predicted molar refractivity (Wildman–Crippen MR) is 54.3 cm³/mol. The first-order valence-electron chi connectivity index (χ1n) is 4.48. The summed E-state index contributed by atoms with van der Waals surface area (Å²) >= 11 is 0. The summed E-state index contributed by atoms with van der Waals surface area (Å²) < 4.78 is 1.72. The molecule has 0 bridgehead atoms. The molecule has 0 spiro atoms. The number of amides is 1. The van der Waals surface area contributed by atoms with Crippen LogP contribution in [0, 0.1) is 0 Å². The smallest absolute Gasteiger partial charge is 0.295 e. The number of fused-ring (bicyclic) bond motifs is 1. The third-order valence-electron chi connectivity index (χ3n) is 2.20. The van der Waals surface area contributed by atoms with Crippen LogP contribution in [0.4, 0.5) is 0 Å². The number of nitrogens with zero attached hydrogens (tertiary/aromatic N) is 3. The van der Waals surface area contributed by atoms with Gasteiger partial charge in [-0.15, -0.1) is 0 Å². The fourth-order valence-corrected chi connectivity index (χ4v) is 1.33. The van der Waals surface area contributed by atoms with E-state index in [0.717, 1.165) is 10.7 Å². The summed E-state index contributed by atoms with van der Waals surface area (Å²) in [7, 11) is 3.01. The first-order chi connectivity index (χ1) is 7.24. The molecule has 0 N–H and O–H groups in total. The Morgan fingerprint density at radius 2 is 2.33 bits per heavy atom. The van der Waals surface area contributed by atoms with Crippen molar-refractivity contribution in [1.82, 2.24) is 14.4 Å². The lowest BCUT2D eigenvalue weighted by atomic mass is 10.4. The van der Waals surface area contributed by atoms with Crippen molar-refractivity contribution in [2.45, 2.75) is 0 Å². The molecule has 2 heterocycles. The molecule has 2 aromatic rings. The number of hydrogen-bond acceptors (Lipinski definition) is 3. The molecule has 0 aromatic carbocycles. The Bertz CT molecular complexity index is 492. The van der Waals surface area contributed by atoms with E-state index >= 15 is 0 Å². The summed E-state index contributed by atoms with van der Waals surface area (Å²) in [5.41, 5.74) is 1.22. The van der Waals surface area contributed by atoms with Crippen LogP contribution in [0.5, 0.6) is 0 Å². The maximum atomic E-state index is 11.8. The Labute approximate surface area is 86.9 Å². The minimum Gasteiger partial charge on any atom is -0.295 e. The maximum absolute atomic E-state index is 11.8. The molecule has 0 aliphatic rings. The van der Waals surface area contributed by atoms with Crippen LogP contribution in [0.3, 0.4) is 0 Å². The summed E-state index contributed by atoms with van der Waals surface area (Å²) in [6.45, 7) is 0. The van der Waals surface area contributed by atoms with Gasteiger partial charge >= 0.3 is 0 Å². The largest absolute Gasteiger partial charge is 0.295 e. The molecule has 0 saturated carbocycles. The fraction of sp³-hybridized carbons (Fsp3) is 0.200. The summed E-state index contributed by atoms with van der Waals surface area (Å²) in [5.74, 6) is -0.226. The summed E-state index contributed by atoms with van der Waals surface area (Å²) in [5, 5.41) is 1.16. The van der Waals surface area contributed by atoms with Gasteiger partial charge in [-0.1, -0.05) is 6.07 Å². The molecule has 5 heteroatoms. The van der Waals surface area contributed by atoms with E-state index < -0.39 is 0 Å². The number of hydroxylamine groups is 2. The van der Waals surface area contributed by atoms with Gasteiger partial charge in [0.15, 0.2) is 0 Å². The lowest BCUT2D eigenvalue weighted by Crippen LogP contribution is -2.26. The van der Waals surface area contributed by atoms with Crippen LogP contribution in [0.2, 0.25) is 0 Å². The molecule has 0 aliphatic carbocycles. The molecule has 0 saturated heterocycles. The number of carbonyl (C=O) groups is 1. The van der Waals surface area contributed by atoms with E-state index in [1.54, 1.807) is 17.6 Å². The van der Waals surface area contributed by atoms with E-state index in [1.807, 2.05) is 18.2 Å². The zero-order valence-corrected chi connectivity index (χ0v) is 8.54. The minimum atomic E-state index is -0.226. The third-order valence-corrected chi connectivity index (χ3v) is 2.20. The molecule has 2 aromatic heterocycles. The molecule has 78 valence electrons. The summed E-state index contributed by atoms with van der Waals surface area (Å²) in [6, 6.07) is 5.55. The molecule has 0 atom stereocenters. The van der Waals surface area contributed by atoms with Crippen molar-refractivity contribution >= 4 is 11.6 Å².